The van der Waals surface area contributed by atoms with Crippen molar-refractivity contribution in [3.05, 3.63) is 89.3 Å². The Kier molecular flexibility index (Phi) is 9.06. The van der Waals surface area contributed by atoms with Gasteiger partial charge in [-0.1, -0.05) is 49.7 Å². The van der Waals surface area contributed by atoms with Gasteiger partial charge in [0, 0.05) is 29.4 Å². The van der Waals surface area contributed by atoms with Gasteiger partial charge in [-0.2, -0.15) is 0 Å². The molecule has 0 radical (unpaired) electrons. The molecule has 208 valence electrons. The summed E-state index contributed by atoms with van der Waals surface area (Å²) < 4.78 is 26.9. The van der Waals surface area contributed by atoms with Crippen molar-refractivity contribution in [2.45, 2.75) is 13.8 Å². The first kappa shape index (κ1) is 28.6. The van der Waals surface area contributed by atoms with Crippen LogP contribution in [0.15, 0.2) is 72.9 Å². The summed E-state index contributed by atoms with van der Waals surface area (Å²) in [6, 6.07) is 18.2. The number of rotatable bonds is 10. The van der Waals surface area contributed by atoms with Crippen LogP contribution in [0.1, 0.15) is 24.2 Å². The highest BCUT2D eigenvalue weighted by Gasteiger charge is 2.24. The molecule has 0 aliphatic rings. The molecule has 1 aromatic heterocycles. The van der Waals surface area contributed by atoms with Crippen molar-refractivity contribution in [2.75, 3.05) is 32.6 Å². The van der Waals surface area contributed by atoms with E-state index >= 15 is 0 Å². The van der Waals surface area contributed by atoms with Crippen molar-refractivity contribution in [3.8, 4) is 28.4 Å². The second-order valence-electron chi connectivity index (χ2n) is 9.47. The van der Waals surface area contributed by atoms with Gasteiger partial charge in [-0.05, 0) is 42.3 Å². The number of benzene rings is 3. The Hall–Kier alpha value is -4.37. The second kappa shape index (κ2) is 12.7. The van der Waals surface area contributed by atoms with E-state index in [1.54, 1.807) is 54.3 Å². The summed E-state index contributed by atoms with van der Waals surface area (Å²) in [5.41, 5.74) is 1.94. The van der Waals surface area contributed by atoms with Crippen LogP contribution in [0.4, 0.5) is 10.3 Å². The lowest BCUT2D eigenvalue weighted by molar-refractivity contribution is -0.117. The molecule has 0 aliphatic carbocycles. The molecular weight excluding hydrogens is 535 g/mol. The van der Waals surface area contributed by atoms with Gasteiger partial charge in [-0.25, -0.2) is 9.37 Å². The van der Waals surface area contributed by atoms with Gasteiger partial charge in [-0.3, -0.25) is 19.5 Å². The molecule has 4 rings (SSSR count). The Morgan fingerprint density at radius 3 is 2.38 bits per heavy atom. The molecule has 0 saturated carbocycles. The lowest BCUT2D eigenvalue weighted by Crippen LogP contribution is -2.40. The van der Waals surface area contributed by atoms with E-state index in [1.807, 2.05) is 26.0 Å². The number of ether oxygens (including phenoxy) is 2. The normalized spacial score (nSPS) is 10.9. The van der Waals surface area contributed by atoms with Crippen molar-refractivity contribution in [2.24, 2.45) is 5.92 Å². The minimum absolute atomic E-state index is 0.0498. The number of carbonyl (C=O) groups excluding carboxylic acids is 2. The van der Waals surface area contributed by atoms with E-state index in [0.717, 1.165) is 5.56 Å². The van der Waals surface area contributed by atoms with Crippen molar-refractivity contribution >= 4 is 29.4 Å². The Morgan fingerprint density at radius 2 is 1.73 bits per heavy atom. The molecule has 10 heteroatoms. The molecule has 0 atom stereocenters. The highest BCUT2D eigenvalue weighted by molar-refractivity contribution is 6.30. The van der Waals surface area contributed by atoms with Crippen LogP contribution in [-0.2, 0) is 4.79 Å². The highest BCUT2D eigenvalue weighted by Crippen LogP contribution is 2.32. The number of halogens is 2. The number of nitrogens with zero attached hydrogens (tertiary/aromatic N) is 3. The lowest BCUT2D eigenvalue weighted by Gasteiger charge is -2.24. The van der Waals surface area contributed by atoms with E-state index in [9.17, 15) is 14.0 Å². The van der Waals surface area contributed by atoms with Gasteiger partial charge >= 0.3 is 0 Å². The zero-order valence-electron chi connectivity index (χ0n) is 22.7. The number of imidazole rings is 1. The minimum Gasteiger partial charge on any atom is -0.493 e. The molecule has 1 N–H and O–H groups in total. The number of hydrogen-bond acceptors (Lipinski definition) is 5. The van der Waals surface area contributed by atoms with Crippen LogP contribution in [0, 0.1) is 11.7 Å². The van der Waals surface area contributed by atoms with Crippen LogP contribution >= 0.6 is 11.6 Å². The second-order valence-corrected chi connectivity index (χ2v) is 9.91. The number of hydrogen-bond donors (Lipinski definition) is 1. The lowest BCUT2D eigenvalue weighted by atomic mass is 10.1. The van der Waals surface area contributed by atoms with E-state index in [1.165, 1.54) is 30.2 Å². The van der Waals surface area contributed by atoms with E-state index in [0.29, 0.717) is 27.9 Å². The number of carbonyl (C=O) groups is 2. The predicted molar refractivity (Wildman–Crippen MR) is 153 cm³/mol. The first-order chi connectivity index (χ1) is 19.2. The molecule has 40 heavy (non-hydrogen) atoms. The maximum Gasteiger partial charge on any atom is 0.257 e. The number of aromatic nitrogens is 2. The molecular formula is C30H30ClFN4O4. The standard InChI is InChI=1S/C30H30ClFN4O4/c1-19(2)16-35(29(38)23-7-5-6-8-24(23)32)18-28(37)34-30-33-25(20-9-11-21(31)12-10-20)17-36(30)22-13-14-26(39-3)27(15-22)40-4/h5-15,17,19H,16,18H2,1-4H3,(H,33,34,37). The molecule has 0 spiro atoms. The Labute approximate surface area is 237 Å². The van der Waals surface area contributed by atoms with Gasteiger partial charge in [0.2, 0.25) is 11.9 Å². The van der Waals surface area contributed by atoms with Gasteiger partial charge in [0.1, 0.15) is 12.4 Å². The molecule has 0 unspecified atom stereocenters. The summed E-state index contributed by atoms with van der Waals surface area (Å²) in [5.74, 6) is -0.368. The minimum atomic E-state index is -0.640. The van der Waals surface area contributed by atoms with E-state index < -0.39 is 17.6 Å². The van der Waals surface area contributed by atoms with E-state index in [2.05, 4.69) is 10.3 Å². The quantitative estimate of drug-likeness (QED) is 0.252. The molecule has 2 amide bonds. The summed E-state index contributed by atoms with van der Waals surface area (Å²) in [7, 11) is 3.08. The SMILES string of the molecule is COc1ccc(-n2cc(-c3ccc(Cl)cc3)nc2NC(=O)CN(CC(C)C)C(=O)c2ccccc2F)cc1OC. The van der Waals surface area contributed by atoms with Crippen molar-refractivity contribution < 1.29 is 23.5 Å². The zero-order chi connectivity index (χ0) is 28.8. The third-order valence-electron chi connectivity index (χ3n) is 6.05. The van der Waals surface area contributed by atoms with Crippen molar-refractivity contribution in [1.82, 2.24) is 14.5 Å². The first-order valence-electron chi connectivity index (χ1n) is 12.6. The number of anilines is 1. The molecule has 0 fully saturated rings. The highest BCUT2D eigenvalue weighted by atomic mass is 35.5. The predicted octanol–water partition coefficient (Wildman–Crippen LogP) is 6.09. The van der Waals surface area contributed by atoms with Gasteiger partial charge in [-0.15, -0.1) is 0 Å². The monoisotopic (exact) mass is 564 g/mol. The Morgan fingerprint density at radius 1 is 1.02 bits per heavy atom. The van der Waals surface area contributed by atoms with Crippen LogP contribution in [0.2, 0.25) is 5.02 Å². The molecule has 0 saturated heterocycles. The summed E-state index contributed by atoms with van der Waals surface area (Å²) in [6.07, 6.45) is 1.77. The zero-order valence-corrected chi connectivity index (χ0v) is 23.4. The number of methoxy groups -OCH3 is 2. The fourth-order valence-electron chi connectivity index (χ4n) is 4.20. The average molecular weight is 565 g/mol. The van der Waals surface area contributed by atoms with Crippen molar-refractivity contribution in [3.63, 3.8) is 0 Å². The smallest absolute Gasteiger partial charge is 0.257 e. The summed E-state index contributed by atoms with van der Waals surface area (Å²) >= 11 is 6.06. The fraction of sp³-hybridized carbons (Fsp3) is 0.233. The van der Waals surface area contributed by atoms with Crippen LogP contribution in [0.5, 0.6) is 11.5 Å². The maximum absolute atomic E-state index is 14.4. The third-order valence-corrected chi connectivity index (χ3v) is 6.31. The average Bonchev–Trinajstić information content (AvgIpc) is 3.35. The third kappa shape index (κ3) is 6.60. The number of nitrogens with one attached hydrogen (secondary N) is 1. The summed E-state index contributed by atoms with van der Waals surface area (Å²) in [6.45, 7) is 3.81. The van der Waals surface area contributed by atoms with Gasteiger partial charge in [0.05, 0.1) is 31.2 Å². The van der Waals surface area contributed by atoms with Crippen LogP contribution in [0.3, 0.4) is 0 Å². The Balaban J connectivity index is 1.67. The van der Waals surface area contributed by atoms with Crippen LogP contribution in [0.25, 0.3) is 16.9 Å². The van der Waals surface area contributed by atoms with Gasteiger partial charge in [0.15, 0.2) is 11.5 Å². The van der Waals surface area contributed by atoms with Gasteiger partial charge in [0.25, 0.3) is 5.91 Å². The molecule has 3 aromatic carbocycles. The molecule has 0 bridgehead atoms. The summed E-state index contributed by atoms with van der Waals surface area (Å²) in [5, 5.41) is 3.41. The Bertz CT molecular complexity index is 1500. The maximum atomic E-state index is 14.4. The van der Waals surface area contributed by atoms with Gasteiger partial charge < -0.3 is 14.4 Å². The first-order valence-corrected chi connectivity index (χ1v) is 13.0. The van der Waals surface area contributed by atoms with Crippen LogP contribution < -0.4 is 14.8 Å². The molecule has 1 heterocycles. The molecule has 0 aliphatic heterocycles. The topological polar surface area (TPSA) is 85.7 Å². The number of amides is 2. The van der Waals surface area contributed by atoms with E-state index in [4.69, 9.17) is 21.1 Å². The summed E-state index contributed by atoms with van der Waals surface area (Å²) in [4.78, 5) is 32.5. The largest absolute Gasteiger partial charge is 0.493 e. The fourth-order valence-corrected chi connectivity index (χ4v) is 4.33. The molecule has 8 nitrogen and oxygen atoms in total. The van der Waals surface area contributed by atoms with Crippen LogP contribution in [-0.4, -0.2) is 53.6 Å². The van der Waals surface area contributed by atoms with Crippen molar-refractivity contribution in [1.29, 1.82) is 0 Å². The van der Waals surface area contributed by atoms with E-state index in [-0.39, 0.29) is 30.5 Å². The molecule has 4 aromatic rings.